The monoisotopic (exact) mass is 829 g/mol. The summed E-state index contributed by atoms with van der Waals surface area (Å²) in [5, 5.41) is 6.74. The summed E-state index contributed by atoms with van der Waals surface area (Å²) < 4.78 is 19.2. The molecule has 4 amide bonds. The van der Waals surface area contributed by atoms with E-state index in [0.29, 0.717) is 55.0 Å². The van der Waals surface area contributed by atoms with Gasteiger partial charge in [0.15, 0.2) is 18.1 Å². The van der Waals surface area contributed by atoms with Crippen LogP contribution in [0.3, 0.4) is 0 Å². The molecule has 6 rings (SSSR count). The average Bonchev–Trinajstić information content (AvgIpc) is 3.15. The minimum Gasteiger partial charge on any atom is -0.493 e. The Morgan fingerprint density at radius 1 is 0.946 bits per heavy atom. The van der Waals surface area contributed by atoms with Crippen LogP contribution < -0.4 is 29.7 Å². The summed E-state index contributed by atoms with van der Waals surface area (Å²) in [6.45, 7) is 16.4. The number of amides is 4. The van der Waals surface area contributed by atoms with Crippen molar-refractivity contribution in [3.05, 3.63) is 76.5 Å². The maximum atomic E-state index is 13.1. The second-order valence-electron chi connectivity index (χ2n) is 15.9. The Balaban J connectivity index is 1.01. The maximum absolute atomic E-state index is 13.1. The summed E-state index contributed by atoms with van der Waals surface area (Å²) in [6, 6.07) is 18.6. The minimum atomic E-state index is -0.442. The van der Waals surface area contributed by atoms with Gasteiger partial charge in [0.05, 0.1) is 25.3 Å². The lowest BCUT2D eigenvalue weighted by Crippen LogP contribution is -2.57. The molecule has 2 N–H and O–H groups in total. The van der Waals surface area contributed by atoms with Crippen LogP contribution in [-0.4, -0.2) is 96.2 Å². The predicted molar refractivity (Wildman–Crippen MR) is 221 cm³/mol. The van der Waals surface area contributed by atoms with Crippen molar-refractivity contribution in [3.63, 3.8) is 0 Å². The number of benzene rings is 3. The molecule has 0 bridgehead atoms. The molecule has 2 fully saturated rings. The number of aromatic nitrogens is 2. The molecule has 298 valence electrons. The van der Waals surface area contributed by atoms with E-state index in [1.165, 1.54) is 4.90 Å². The molecule has 1 atom stereocenters. The van der Waals surface area contributed by atoms with Crippen molar-refractivity contribution in [1.82, 2.24) is 25.1 Å². The molecule has 13 nitrogen and oxygen atoms in total. The Morgan fingerprint density at radius 3 is 2.36 bits per heavy atom. The molecule has 0 aliphatic carbocycles. The third kappa shape index (κ3) is 9.88. The number of aryl methyl sites for hydroxylation is 1. The Morgan fingerprint density at radius 2 is 1.68 bits per heavy atom. The first-order valence-corrected chi connectivity index (χ1v) is 19.8. The summed E-state index contributed by atoms with van der Waals surface area (Å²) in [4.78, 5) is 52.0. The molecule has 1 aromatic heterocycles. The minimum absolute atomic E-state index is 0.0114. The Hall–Kier alpha value is -4.95. The molecule has 4 aromatic rings. The van der Waals surface area contributed by atoms with E-state index in [0.717, 1.165) is 46.3 Å². The van der Waals surface area contributed by atoms with Gasteiger partial charge in [-0.05, 0) is 82.1 Å². The van der Waals surface area contributed by atoms with Crippen molar-refractivity contribution in [2.45, 2.75) is 66.0 Å². The molecule has 3 aromatic carbocycles. The average molecular weight is 831 g/mol. The molecule has 0 saturated carbocycles. The second-order valence-corrected chi connectivity index (χ2v) is 16.8. The Kier molecular flexibility index (Phi) is 12.4. The highest BCUT2D eigenvalue weighted by atomic mass is 79.9. The second kappa shape index (κ2) is 17.0. The molecular weight excluding hydrogens is 778 g/mol. The first-order chi connectivity index (χ1) is 26.6. The van der Waals surface area contributed by atoms with Crippen LogP contribution in [0.4, 0.5) is 16.3 Å². The smallest absolute Gasteiger partial charge is 0.328 e. The maximum Gasteiger partial charge on any atom is 0.328 e. The van der Waals surface area contributed by atoms with E-state index in [2.05, 4.69) is 78.2 Å². The number of piperazine rings is 1. The van der Waals surface area contributed by atoms with Gasteiger partial charge in [-0.25, -0.2) is 14.8 Å². The fourth-order valence-electron chi connectivity index (χ4n) is 7.64. The third-order valence-electron chi connectivity index (χ3n) is 10.4. The molecule has 0 unspecified atom stereocenters. The van der Waals surface area contributed by atoms with E-state index in [9.17, 15) is 14.4 Å². The quantitative estimate of drug-likeness (QED) is 0.135. The van der Waals surface area contributed by atoms with Crippen LogP contribution in [0, 0.1) is 12.3 Å². The van der Waals surface area contributed by atoms with E-state index in [1.807, 2.05) is 36.1 Å². The Bertz CT molecular complexity index is 2070. The third-order valence-corrected chi connectivity index (χ3v) is 10.9. The number of methoxy groups -OCH3 is 1. The lowest BCUT2D eigenvalue weighted by Gasteiger charge is -2.47. The van der Waals surface area contributed by atoms with Crippen molar-refractivity contribution in [2.24, 2.45) is 5.41 Å². The van der Waals surface area contributed by atoms with Gasteiger partial charge in [-0.3, -0.25) is 24.7 Å². The summed E-state index contributed by atoms with van der Waals surface area (Å²) in [5.74, 6) is 2.83. The highest BCUT2D eigenvalue weighted by molar-refractivity contribution is 9.10. The molecule has 2 saturated heterocycles. The largest absolute Gasteiger partial charge is 0.493 e. The topological polar surface area (TPSA) is 138 Å². The van der Waals surface area contributed by atoms with Crippen LogP contribution in [0.25, 0.3) is 10.9 Å². The van der Waals surface area contributed by atoms with Gasteiger partial charge in [0.2, 0.25) is 5.91 Å². The van der Waals surface area contributed by atoms with Crippen LogP contribution in [0.1, 0.15) is 64.9 Å². The summed E-state index contributed by atoms with van der Waals surface area (Å²) in [6.07, 6.45) is 1.11. The summed E-state index contributed by atoms with van der Waals surface area (Å²) in [5.41, 5.74) is 2.22. The van der Waals surface area contributed by atoms with Crippen LogP contribution >= 0.6 is 15.9 Å². The van der Waals surface area contributed by atoms with Gasteiger partial charge in [-0.2, -0.15) is 0 Å². The van der Waals surface area contributed by atoms with E-state index in [1.54, 1.807) is 31.4 Å². The fraction of sp³-hybridized carbons (Fsp3) is 0.452. The lowest BCUT2D eigenvalue weighted by atomic mass is 9.79. The predicted octanol–water partition coefficient (Wildman–Crippen LogP) is 7.13. The number of ether oxygens (including phenoxy) is 3. The van der Waals surface area contributed by atoms with Crippen molar-refractivity contribution >= 4 is 56.2 Å². The number of halogens is 1. The first kappa shape index (κ1) is 40.7. The van der Waals surface area contributed by atoms with Gasteiger partial charge in [0.1, 0.15) is 17.4 Å². The van der Waals surface area contributed by atoms with Crippen molar-refractivity contribution in [2.75, 3.05) is 63.3 Å². The molecule has 3 heterocycles. The number of fused-ring (bicyclic) bond motifs is 1. The fourth-order valence-corrected chi connectivity index (χ4v) is 8.05. The van der Waals surface area contributed by atoms with Gasteiger partial charge in [0, 0.05) is 71.7 Å². The van der Waals surface area contributed by atoms with Crippen LogP contribution in [0.2, 0.25) is 0 Å². The van der Waals surface area contributed by atoms with Gasteiger partial charge in [0.25, 0.3) is 5.91 Å². The van der Waals surface area contributed by atoms with Crippen LogP contribution in [0.5, 0.6) is 17.2 Å². The number of imide groups is 1. The summed E-state index contributed by atoms with van der Waals surface area (Å²) >= 11 is 3.57. The van der Waals surface area contributed by atoms with Crippen LogP contribution in [-0.2, 0) is 9.59 Å². The van der Waals surface area contributed by atoms with E-state index in [4.69, 9.17) is 24.2 Å². The van der Waals surface area contributed by atoms with Gasteiger partial charge >= 0.3 is 6.03 Å². The normalized spacial score (nSPS) is 16.1. The van der Waals surface area contributed by atoms with E-state index < -0.39 is 6.03 Å². The van der Waals surface area contributed by atoms with Gasteiger partial charge < -0.3 is 24.4 Å². The molecule has 0 radical (unpaired) electrons. The summed E-state index contributed by atoms with van der Waals surface area (Å²) in [7, 11) is 1.65. The zero-order valence-corrected chi connectivity index (χ0v) is 34.9. The van der Waals surface area contributed by atoms with Crippen LogP contribution in [0.15, 0.2) is 65.1 Å². The standard InChI is InChI=1S/C42H52BrN7O6/c1-27(29-9-8-10-30(43)21-29)44-39-33-22-35(54-7)36(23-34(33)45-28(2)46-39)56-26-41(3,4)25-42(5,6)49-19-17-48(18-20-49)38(52)24-55-32-13-11-31(12-14-32)50-16-15-37(51)47-40(50)53/h8-14,21-23,27H,15-20,24-26H2,1-7H3,(H,44,45,46)(H,47,51,53)/t27-/m1/s1. The Labute approximate surface area is 337 Å². The van der Waals surface area contributed by atoms with Crippen molar-refractivity contribution in [3.8, 4) is 17.2 Å². The SMILES string of the molecule is COc1cc2c(N[C@H](C)c3cccc(Br)c3)nc(C)nc2cc1OCC(C)(C)CC(C)(C)N1CCN(C(=O)COc2ccc(N3CCC(=O)NC3=O)cc2)CC1. The van der Waals surface area contributed by atoms with Gasteiger partial charge in [-0.15, -0.1) is 0 Å². The number of carbonyl (C=O) groups excluding carboxylic acids is 3. The molecule has 0 spiro atoms. The zero-order valence-electron chi connectivity index (χ0n) is 33.3. The van der Waals surface area contributed by atoms with Crippen molar-refractivity contribution in [1.29, 1.82) is 0 Å². The number of nitrogens with one attached hydrogen (secondary N) is 2. The highest BCUT2D eigenvalue weighted by Gasteiger charge is 2.37. The molecular formula is C42H52BrN7O6. The first-order valence-electron chi connectivity index (χ1n) is 19.0. The molecule has 2 aliphatic heterocycles. The van der Waals surface area contributed by atoms with Crippen molar-refractivity contribution < 1.29 is 28.6 Å². The number of hydrogen-bond donors (Lipinski definition) is 2. The number of anilines is 2. The highest BCUT2D eigenvalue weighted by Crippen LogP contribution is 2.38. The van der Waals surface area contributed by atoms with E-state index >= 15 is 0 Å². The molecule has 2 aliphatic rings. The number of urea groups is 1. The number of hydrogen-bond acceptors (Lipinski definition) is 10. The number of nitrogens with zero attached hydrogens (tertiary/aromatic N) is 5. The zero-order chi connectivity index (χ0) is 40.2. The lowest BCUT2D eigenvalue weighted by molar-refractivity contribution is -0.136. The van der Waals surface area contributed by atoms with Gasteiger partial charge in [-0.1, -0.05) is 41.9 Å². The van der Waals surface area contributed by atoms with E-state index in [-0.39, 0.29) is 41.8 Å². The molecule has 14 heteroatoms. The number of rotatable bonds is 14. The molecule has 56 heavy (non-hydrogen) atoms. The number of carbonyl (C=O) groups is 3.